The van der Waals surface area contributed by atoms with Crippen LogP contribution in [0.3, 0.4) is 0 Å². The molecule has 4 nitrogen and oxygen atoms in total. The Morgan fingerprint density at radius 1 is 1.39 bits per heavy atom. The van der Waals surface area contributed by atoms with Gasteiger partial charge in [0.25, 0.3) is 0 Å². The molecule has 0 aromatic carbocycles. The number of carboxylic acids is 1. The molecule has 0 aliphatic carbocycles. The number of rotatable bonds is 5. The van der Waals surface area contributed by atoms with Crippen LogP contribution in [0.15, 0.2) is 0 Å². The third kappa shape index (κ3) is 4.25. The van der Waals surface area contributed by atoms with Gasteiger partial charge in [0.2, 0.25) is 0 Å². The molecule has 3 atom stereocenters. The predicted octanol–water partition coefficient (Wildman–Crippen LogP) is 2.13. The largest absolute Gasteiger partial charge is 0.481 e. The zero-order chi connectivity index (χ0) is 13.0. The average molecular weight is 255 g/mol. The number of nitrogens with zero attached hydrogens (tertiary/aromatic N) is 1. The summed E-state index contributed by atoms with van der Waals surface area (Å²) >= 11 is 0. The minimum Gasteiger partial charge on any atom is -0.481 e. The van der Waals surface area contributed by atoms with Crippen molar-refractivity contribution >= 4 is 5.97 Å². The van der Waals surface area contributed by atoms with E-state index in [-0.39, 0.29) is 0 Å². The molecule has 0 amide bonds. The lowest BCUT2D eigenvalue weighted by molar-refractivity contribution is -0.137. The van der Waals surface area contributed by atoms with Gasteiger partial charge in [-0.15, -0.1) is 0 Å². The van der Waals surface area contributed by atoms with Crippen molar-refractivity contribution in [1.29, 1.82) is 0 Å². The third-order valence-electron chi connectivity index (χ3n) is 4.15. The van der Waals surface area contributed by atoms with Crippen molar-refractivity contribution in [3.05, 3.63) is 0 Å². The molecular formula is C14H25NO3. The normalized spacial score (nSPS) is 33.7. The first-order chi connectivity index (χ1) is 8.63. The van der Waals surface area contributed by atoms with Crippen LogP contribution in [-0.4, -0.2) is 47.8 Å². The first-order valence-electron chi connectivity index (χ1n) is 7.23. The van der Waals surface area contributed by atoms with Gasteiger partial charge in [-0.3, -0.25) is 4.79 Å². The lowest BCUT2D eigenvalue weighted by Gasteiger charge is -2.34. The van der Waals surface area contributed by atoms with E-state index in [1.807, 2.05) is 0 Å². The van der Waals surface area contributed by atoms with Gasteiger partial charge in [-0.05, 0) is 51.5 Å². The summed E-state index contributed by atoms with van der Waals surface area (Å²) < 4.78 is 5.86. The molecule has 0 bridgehead atoms. The van der Waals surface area contributed by atoms with Crippen LogP contribution in [0, 0.1) is 5.92 Å². The van der Waals surface area contributed by atoms with E-state index < -0.39 is 5.97 Å². The van der Waals surface area contributed by atoms with Gasteiger partial charge in [0, 0.05) is 19.5 Å². The summed E-state index contributed by atoms with van der Waals surface area (Å²) in [4.78, 5) is 13.1. The molecule has 0 spiro atoms. The number of aliphatic carboxylic acids is 1. The maximum absolute atomic E-state index is 10.6. The fraction of sp³-hybridized carbons (Fsp3) is 0.929. The highest BCUT2D eigenvalue weighted by Gasteiger charge is 2.27. The molecule has 0 saturated carbocycles. The Morgan fingerprint density at radius 2 is 2.22 bits per heavy atom. The van der Waals surface area contributed by atoms with E-state index >= 15 is 0 Å². The molecule has 1 N–H and O–H groups in total. The molecule has 0 aromatic rings. The second kappa shape index (κ2) is 6.53. The summed E-state index contributed by atoms with van der Waals surface area (Å²) in [5.74, 6) is -0.103. The molecule has 2 aliphatic heterocycles. The van der Waals surface area contributed by atoms with Crippen molar-refractivity contribution in [3.63, 3.8) is 0 Å². The van der Waals surface area contributed by atoms with E-state index in [9.17, 15) is 4.79 Å². The van der Waals surface area contributed by atoms with Crippen LogP contribution in [0.25, 0.3) is 0 Å². The average Bonchev–Trinajstić information content (AvgIpc) is 2.73. The standard InChI is InChI=1S/C14H25NO3/c1-11-4-6-13(18-11)10-15-8-2-3-12(9-15)5-7-14(16)17/h11-13H,2-10H2,1H3,(H,16,17). The van der Waals surface area contributed by atoms with E-state index in [0.717, 1.165) is 26.1 Å². The Hall–Kier alpha value is -0.610. The Labute approximate surface area is 109 Å². The first-order valence-corrected chi connectivity index (χ1v) is 7.23. The maximum Gasteiger partial charge on any atom is 0.303 e. The van der Waals surface area contributed by atoms with Crippen LogP contribution < -0.4 is 0 Å². The highest BCUT2D eigenvalue weighted by atomic mass is 16.5. The lowest BCUT2D eigenvalue weighted by Crippen LogP contribution is -2.40. The number of hydrogen-bond donors (Lipinski definition) is 1. The molecule has 0 aromatic heterocycles. The van der Waals surface area contributed by atoms with E-state index in [1.54, 1.807) is 0 Å². The number of carbonyl (C=O) groups is 1. The van der Waals surface area contributed by atoms with Crippen molar-refractivity contribution in [3.8, 4) is 0 Å². The summed E-state index contributed by atoms with van der Waals surface area (Å²) in [6.45, 7) is 5.39. The Kier molecular flexibility index (Phi) is 5.01. The Bertz CT molecular complexity index is 282. The SMILES string of the molecule is CC1CCC(CN2CCCC(CCC(=O)O)C2)O1. The van der Waals surface area contributed by atoms with E-state index in [4.69, 9.17) is 9.84 Å². The van der Waals surface area contributed by atoms with Crippen LogP contribution in [0.1, 0.15) is 45.4 Å². The Morgan fingerprint density at radius 3 is 2.89 bits per heavy atom. The zero-order valence-corrected chi connectivity index (χ0v) is 11.3. The second-order valence-electron chi connectivity index (χ2n) is 5.85. The predicted molar refractivity (Wildman–Crippen MR) is 69.6 cm³/mol. The van der Waals surface area contributed by atoms with Crippen LogP contribution in [0.4, 0.5) is 0 Å². The summed E-state index contributed by atoms with van der Waals surface area (Å²) in [6.07, 6.45) is 6.71. The van der Waals surface area contributed by atoms with Gasteiger partial charge in [-0.25, -0.2) is 0 Å². The van der Waals surface area contributed by atoms with Crippen molar-refractivity contribution in [1.82, 2.24) is 4.90 Å². The summed E-state index contributed by atoms with van der Waals surface area (Å²) in [6, 6.07) is 0. The number of likely N-dealkylation sites (tertiary alicyclic amines) is 1. The lowest BCUT2D eigenvalue weighted by atomic mass is 9.93. The fourth-order valence-corrected chi connectivity index (χ4v) is 3.19. The smallest absolute Gasteiger partial charge is 0.303 e. The number of ether oxygens (including phenoxy) is 1. The second-order valence-corrected chi connectivity index (χ2v) is 5.85. The Balaban J connectivity index is 1.71. The van der Waals surface area contributed by atoms with Crippen LogP contribution >= 0.6 is 0 Å². The summed E-state index contributed by atoms with van der Waals surface area (Å²) in [5.41, 5.74) is 0. The topological polar surface area (TPSA) is 49.8 Å². The molecule has 2 fully saturated rings. The van der Waals surface area contributed by atoms with Crippen molar-refractivity contribution < 1.29 is 14.6 Å². The molecule has 2 aliphatic rings. The zero-order valence-electron chi connectivity index (χ0n) is 11.3. The molecule has 3 unspecified atom stereocenters. The molecule has 2 saturated heterocycles. The molecular weight excluding hydrogens is 230 g/mol. The highest BCUT2D eigenvalue weighted by molar-refractivity contribution is 5.66. The van der Waals surface area contributed by atoms with Crippen molar-refractivity contribution in [2.24, 2.45) is 5.92 Å². The van der Waals surface area contributed by atoms with Crippen LogP contribution in [0.5, 0.6) is 0 Å². The molecule has 18 heavy (non-hydrogen) atoms. The van der Waals surface area contributed by atoms with E-state index in [1.165, 1.54) is 25.7 Å². The minimum atomic E-state index is -0.667. The van der Waals surface area contributed by atoms with Gasteiger partial charge in [0.05, 0.1) is 12.2 Å². The summed E-state index contributed by atoms with van der Waals surface area (Å²) in [7, 11) is 0. The van der Waals surface area contributed by atoms with E-state index in [2.05, 4.69) is 11.8 Å². The minimum absolute atomic E-state index is 0.315. The van der Waals surface area contributed by atoms with E-state index in [0.29, 0.717) is 24.5 Å². The molecule has 2 heterocycles. The van der Waals surface area contributed by atoms with Gasteiger partial charge in [0.1, 0.15) is 0 Å². The highest BCUT2D eigenvalue weighted by Crippen LogP contribution is 2.24. The van der Waals surface area contributed by atoms with Gasteiger partial charge in [-0.2, -0.15) is 0 Å². The maximum atomic E-state index is 10.6. The number of carboxylic acid groups (broad SMARTS) is 1. The van der Waals surface area contributed by atoms with Gasteiger partial charge < -0.3 is 14.7 Å². The van der Waals surface area contributed by atoms with Gasteiger partial charge in [-0.1, -0.05) is 0 Å². The monoisotopic (exact) mass is 255 g/mol. The molecule has 4 heteroatoms. The third-order valence-corrected chi connectivity index (χ3v) is 4.15. The summed E-state index contributed by atoms with van der Waals surface area (Å²) in [5, 5.41) is 8.74. The fourth-order valence-electron chi connectivity index (χ4n) is 3.19. The van der Waals surface area contributed by atoms with Crippen molar-refractivity contribution in [2.75, 3.05) is 19.6 Å². The number of hydrogen-bond acceptors (Lipinski definition) is 3. The molecule has 0 radical (unpaired) electrons. The first kappa shape index (κ1) is 13.8. The molecule has 2 rings (SSSR count). The van der Waals surface area contributed by atoms with Crippen LogP contribution in [0.2, 0.25) is 0 Å². The van der Waals surface area contributed by atoms with Gasteiger partial charge >= 0.3 is 5.97 Å². The molecule has 104 valence electrons. The number of piperidine rings is 1. The van der Waals surface area contributed by atoms with Crippen LogP contribution in [-0.2, 0) is 9.53 Å². The quantitative estimate of drug-likeness (QED) is 0.817. The van der Waals surface area contributed by atoms with Crippen molar-refractivity contribution in [2.45, 2.75) is 57.7 Å². The van der Waals surface area contributed by atoms with Gasteiger partial charge in [0.15, 0.2) is 0 Å².